The monoisotopic (exact) mass is 295 g/mol. The lowest BCUT2D eigenvalue weighted by atomic mass is 10.0. The minimum Gasteiger partial charge on any atom is -0.487 e. The molecule has 5 heteroatoms. The van der Waals surface area contributed by atoms with Crippen molar-refractivity contribution in [2.24, 2.45) is 0 Å². The first-order valence-corrected chi connectivity index (χ1v) is 7.34. The van der Waals surface area contributed by atoms with Gasteiger partial charge in [0.05, 0.1) is 6.10 Å². The van der Waals surface area contributed by atoms with E-state index in [1.807, 2.05) is 39.0 Å². The van der Waals surface area contributed by atoms with Gasteiger partial charge in [-0.25, -0.2) is 0 Å². The lowest BCUT2D eigenvalue weighted by Gasteiger charge is -2.25. The summed E-state index contributed by atoms with van der Waals surface area (Å²) in [7, 11) is 0. The van der Waals surface area contributed by atoms with Crippen LogP contribution in [0.5, 0.6) is 11.5 Å². The van der Waals surface area contributed by atoms with Gasteiger partial charge in [0.2, 0.25) is 0 Å². The summed E-state index contributed by atoms with van der Waals surface area (Å²) in [5, 5.41) is 22.8. The molecular weight excluding hydrogens is 270 g/mol. The molecule has 2 rings (SSSR count). The van der Waals surface area contributed by atoms with Gasteiger partial charge in [0.25, 0.3) is 0 Å². The number of nitrogens with one attached hydrogen (secondary N) is 1. The largest absolute Gasteiger partial charge is 0.487 e. The average molecular weight is 295 g/mol. The average Bonchev–Trinajstić information content (AvgIpc) is 2.41. The molecule has 0 saturated heterocycles. The van der Waals surface area contributed by atoms with Crippen molar-refractivity contribution in [3.05, 3.63) is 23.8 Å². The standard InChI is InChI=1S/C16H25NO4/c1-16(2,3)17-8-13(19)10-20-14-6-4-5-11-7-12(18)9-21-15(11)14/h4-6,12-13,17-19H,7-10H2,1-3H3. The molecule has 118 valence electrons. The van der Waals surface area contributed by atoms with E-state index in [-0.39, 0.29) is 18.8 Å². The Kier molecular flexibility index (Phi) is 5.08. The van der Waals surface area contributed by atoms with E-state index in [0.717, 1.165) is 5.56 Å². The van der Waals surface area contributed by atoms with Crippen molar-refractivity contribution in [2.45, 2.75) is 44.9 Å². The summed E-state index contributed by atoms with van der Waals surface area (Å²) in [5.74, 6) is 1.30. The zero-order valence-corrected chi connectivity index (χ0v) is 12.9. The summed E-state index contributed by atoms with van der Waals surface area (Å²) in [6.07, 6.45) is -0.482. The van der Waals surface area contributed by atoms with Crippen molar-refractivity contribution in [2.75, 3.05) is 19.8 Å². The van der Waals surface area contributed by atoms with E-state index in [4.69, 9.17) is 9.47 Å². The first-order valence-electron chi connectivity index (χ1n) is 7.34. The van der Waals surface area contributed by atoms with Crippen molar-refractivity contribution >= 4 is 0 Å². The van der Waals surface area contributed by atoms with Crippen LogP contribution in [0.15, 0.2) is 18.2 Å². The molecule has 1 aliphatic heterocycles. The van der Waals surface area contributed by atoms with E-state index in [1.54, 1.807) is 0 Å². The minimum atomic E-state index is -0.589. The van der Waals surface area contributed by atoms with E-state index in [0.29, 0.717) is 24.5 Å². The van der Waals surface area contributed by atoms with E-state index < -0.39 is 12.2 Å². The molecule has 0 bridgehead atoms. The summed E-state index contributed by atoms with van der Waals surface area (Å²) < 4.78 is 11.2. The van der Waals surface area contributed by atoms with Gasteiger partial charge in [0.15, 0.2) is 11.5 Å². The Labute approximate surface area is 125 Å². The molecule has 0 radical (unpaired) electrons. The van der Waals surface area contributed by atoms with Gasteiger partial charge in [-0.1, -0.05) is 12.1 Å². The van der Waals surface area contributed by atoms with Gasteiger partial charge in [0, 0.05) is 24.1 Å². The highest BCUT2D eigenvalue weighted by Crippen LogP contribution is 2.34. The van der Waals surface area contributed by atoms with Crippen LogP contribution in [-0.4, -0.2) is 47.7 Å². The zero-order valence-electron chi connectivity index (χ0n) is 12.9. The summed E-state index contributed by atoms with van der Waals surface area (Å²) in [4.78, 5) is 0. The number of hydrogen-bond donors (Lipinski definition) is 3. The fourth-order valence-corrected chi connectivity index (χ4v) is 2.16. The molecule has 1 aromatic rings. The van der Waals surface area contributed by atoms with Crippen molar-refractivity contribution in [1.82, 2.24) is 5.32 Å². The number of ether oxygens (including phenoxy) is 2. The first-order chi connectivity index (χ1) is 9.85. The number of fused-ring (bicyclic) bond motifs is 1. The molecule has 1 heterocycles. The van der Waals surface area contributed by atoms with Crippen LogP contribution in [0.25, 0.3) is 0 Å². The Morgan fingerprint density at radius 3 is 2.90 bits per heavy atom. The predicted molar refractivity (Wildman–Crippen MR) is 80.9 cm³/mol. The van der Waals surface area contributed by atoms with Crippen LogP contribution in [0, 0.1) is 0 Å². The van der Waals surface area contributed by atoms with E-state index in [9.17, 15) is 10.2 Å². The molecule has 2 atom stereocenters. The predicted octanol–water partition coefficient (Wildman–Crippen LogP) is 1.11. The van der Waals surface area contributed by atoms with Crippen molar-refractivity contribution < 1.29 is 19.7 Å². The lowest BCUT2D eigenvalue weighted by molar-refractivity contribution is 0.0798. The van der Waals surface area contributed by atoms with Crippen molar-refractivity contribution in [3.63, 3.8) is 0 Å². The Hall–Kier alpha value is -1.30. The maximum atomic E-state index is 9.95. The van der Waals surface area contributed by atoms with Gasteiger partial charge in [-0.3, -0.25) is 0 Å². The highest BCUT2D eigenvalue weighted by Gasteiger charge is 2.21. The molecule has 0 amide bonds. The molecule has 0 saturated carbocycles. The first kappa shape index (κ1) is 16.1. The third-order valence-electron chi connectivity index (χ3n) is 3.24. The quantitative estimate of drug-likeness (QED) is 0.759. The molecule has 1 aromatic carbocycles. The van der Waals surface area contributed by atoms with Crippen LogP contribution in [-0.2, 0) is 6.42 Å². The third-order valence-corrected chi connectivity index (χ3v) is 3.24. The topological polar surface area (TPSA) is 71.0 Å². The summed E-state index contributed by atoms with van der Waals surface area (Å²) >= 11 is 0. The van der Waals surface area contributed by atoms with Gasteiger partial charge < -0.3 is 25.0 Å². The SMILES string of the molecule is CC(C)(C)NCC(O)COc1cccc2c1OCC(O)C2. The second-order valence-corrected chi connectivity index (χ2v) is 6.51. The van der Waals surface area contributed by atoms with Crippen molar-refractivity contribution in [3.8, 4) is 11.5 Å². The Bertz CT molecular complexity index is 470. The number of aliphatic hydroxyl groups is 2. The number of para-hydroxylation sites is 1. The van der Waals surface area contributed by atoms with Crippen LogP contribution in [0.2, 0.25) is 0 Å². The summed E-state index contributed by atoms with van der Waals surface area (Å²) in [5.41, 5.74) is 0.903. The molecule has 1 aliphatic rings. The van der Waals surface area contributed by atoms with Gasteiger partial charge in [-0.2, -0.15) is 0 Å². The number of β-amino-alcohol motifs (C(OH)–C–C–N with tert-alkyl or cyclic N) is 1. The molecular formula is C16H25NO4. The van der Waals surface area contributed by atoms with Crippen LogP contribution in [0.3, 0.4) is 0 Å². The maximum Gasteiger partial charge on any atom is 0.164 e. The van der Waals surface area contributed by atoms with Gasteiger partial charge in [-0.05, 0) is 26.8 Å². The van der Waals surface area contributed by atoms with Crippen LogP contribution in [0.1, 0.15) is 26.3 Å². The Morgan fingerprint density at radius 2 is 2.19 bits per heavy atom. The molecule has 5 nitrogen and oxygen atoms in total. The van der Waals surface area contributed by atoms with Crippen LogP contribution < -0.4 is 14.8 Å². The molecule has 2 unspecified atom stereocenters. The molecule has 21 heavy (non-hydrogen) atoms. The number of hydrogen-bond acceptors (Lipinski definition) is 5. The second kappa shape index (κ2) is 6.64. The van der Waals surface area contributed by atoms with E-state index in [2.05, 4.69) is 5.32 Å². The summed E-state index contributed by atoms with van der Waals surface area (Å²) in [6.45, 7) is 7.10. The normalized spacial score (nSPS) is 19.6. The second-order valence-electron chi connectivity index (χ2n) is 6.51. The van der Waals surface area contributed by atoms with Crippen LogP contribution in [0.4, 0.5) is 0 Å². The van der Waals surface area contributed by atoms with Gasteiger partial charge >= 0.3 is 0 Å². The molecule has 0 aliphatic carbocycles. The number of aliphatic hydroxyl groups excluding tert-OH is 2. The minimum absolute atomic E-state index is 0.0356. The van der Waals surface area contributed by atoms with Crippen LogP contribution >= 0.6 is 0 Å². The Morgan fingerprint density at radius 1 is 1.43 bits per heavy atom. The number of benzene rings is 1. The fourth-order valence-electron chi connectivity index (χ4n) is 2.16. The highest BCUT2D eigenvalue weighted by atomic mass is 16.5. The fraction of sp³-hybridized carbons (Fsp3) is 0.625. The third kappa shape index (κ3) is 4.88. The maximum absolute atomic E-state index is 9.95. The molecule has 3 N–H and O–H groups in total. The van der Waals surface area contributed by atoms with Gasteiger partial charge in [-0.15, -0.1) is 0 Å². The van der Waals surface area contributed by atoms with Crippen molar-refractivity contribution in [1.29, 1.82) is 0 Å². The highest BCUT2D eigenvalue weighted by molar-refractivity contribution is 5.48. The van der Waals surface area contributed by atoms with Gasteiger partial charge in [0.1, 0.15) is 19.3 Å². The lowest BCUT2D eigenvalue weighted by Crippen LogP contribution is -2.42. The molecule has 0 aromatic heterocycles. The molecule has 0 fully saturated rings. The van der Waals surface area contributed by atoms with E-state index in [1.165, 1.54) is 0 Å². The smallest absolute Gasteiger partial charge is 0.164 e. The summed E-state index contributed by atoms with van der Waals surface area (Å²) in [6, 6.07) is 5.61. The van der Waals surface area contributed by atoms with E-state index >= 15 is 0 Å². The number of rotatable bonds is 5. The zero-order chi connectivity index (χ0) is 15.5. The Balaban J connectivity index is 1.90. The molecule has 0 spiro atoms.